The lowest BCUT2D eigenvalue weighted by molar-refractivity contribution is 0.0792. The molecule has 0 spiro atoms. The summed E-state index contributed by atoms with van der Waals surface area (Å²) in [6.07, 6.45) is 5.77. The number of nitrogens with one attached hydrogen (secondary N) is 1. The molecule has 0 saturated carbocycles. The summed E-state index contributed by atoms with van der Waals surface area (Å²) in [7, 11) is 0. The van der Waals surface area contributed by atoms with Crippen molar-refractivity contribution >= 4 is 23.6 Å². The Hall–Kier alpha value is -3.12. The van der Waals surface area contributed by atoms with E-state index in [1.165, 1.54) is 5.56 Å². The summed E-state index contributed by atoms with van der Waals surface area (Å²) in [6, 6.07) is 19.1. The van der Waals surface area contributed by atoms with Gasteiger partial charge in [-0.3, -0.25) is 14.6 Å². The van der Waals surface area contributed by atoms with Crippen LogP contribution in [0.1, 0.15) is 44.7 Å². The Morgan fingerprint density at radius 3 is 2.45 bits per heavy atom. The van der Waals surface area contributed by atoms with E-state index in [0.29, 0.717) is 17.7 Å². The van der Waals surface area contributed by atoms with Gasteiger partial charge in [-0.1, -0.05) is 18.2 Å². The van der Waals surface area contributed by atoms with Gasteiger partial charge < -0.3 is 10.2 Å². The van der Waals surface area contributed by atoms with Crippen molar-refractivity contribution in [2.75, 3.05) is 13.1 Å². The summed E-state index contributed by atoms with van der Waals surface area (Å²) >= 11 is 1.71. The van der Waals surface area contributed by atoms with E-state index in [4.69, 9.17) is 0 Å². The number of carbonyl (C=O) groups excluding carboxylic acids is 2. The van der Waals surface area contributed by atoms with Crippen LogP contribution in [0.15, 0.2) is 78.0 Å². The van der Waals surface area contributed by atoms with Crippen molar-refractivity contribution in [1.29, 1.82) is 0 Å². The first-order valence-electron chi connectivity index (χ1n) is 10.5. The van der Waals surface area contributed by atoms with E-state index in [1.807, 2.05) is 65.7 Å². The topological polar surface area (TPSA) is 62.3 Å². The summed E-state index contributed by atoms with van der Waals surface area (Å²) in [5.74, 6) is 0.788. The lowest BCUT2D eigenvalue weighted by Crippen LogP contribution is -2.28. The lowest BCUT2D eigenvalue weighted by Gasteiger charge is -2.15. The van der Waals surface area contributed by atoms with Crippen LogP contribution in [-0.2, 0) is 12.3 Å². The molecule has 0 radical (unpaired) electrons. The van der Waals surface area contributed by atoms with Crippen LogP contribution in [0.4, 0.5) is 0 Å². The first kappa shape index (κ1) is 21.1. The van der Waals surface area contributed by atoms with Crippen LogP contribution in [0.2, 0.25) is 0 Å². The number of thioether (sulfide) groups is 1. The van der Waals surface area contributed by atoms with E-state index in [9.17, 15) is 9.59 Å². The van der Waals surface area contributed by atoms with Gasteiger partial charge in [-0.15, -0.1) is 11.8 Å². The van der Waals surface area contributed by atoms with Gasteiger partial charge in [0.2, 0.25) is 0 Å². The normalized spacial score (nSPS) is 13.2. The van der Waals surface area contributed by atoms with Crippen LogP contribution in [0.25, 0.3) is 0 Å². The Morgan fingerprint density at radius 1 is 0.935 bits per heavy atom. The van der Waals surface area contributed by atoms with Crippen molar-refractivity contribution in [3.8, 4) is 0 Å². The first-order chi connectivity index (χ1) is 15.2. The molecule has 1 aromatic heterocycles. The maximum Gasteiger partial charge on any atom is 0.253 e. The maximum absolute atomic E-state index is 12.6. The molecule has 31 heavy (non-hydrogen) atoms. The van der Waals surface area contributed by atoms with Gasteiger partial charge in [-0.05, 0) is 66.4 Å². The fourth-order valence-electron chi connectivity index (χ4n) is 3.55. The molecule has 2 aromatic carbocycles. The van der Waals surface area contributed by atoms with E-state index in [1.54, 1.807) is 18.0 Å². The molecule has 1 saturated heterocycles. The van der Waals surface area contributed by atoms with E-state index in [2.05, 4.69) is 16.4 Å². The second-order valence-electron chi connectivity index (χ2n) is 7.56. The minimum atomic E-state index is -0.125. The van der Waals surface area contributed by atoms with Gasteiger partial charge in [0, 0.05) is 53.8 Å². The highest BCUT2D eigenvalue weighted by atomic mass is 32.2. The largest absolute Gasteiger partial charge is 0.348 e. The number of pyridine rings is 1. The van der Waals surface area contributed by atoms with Gasteiger partial charge in [-0.2, -0.15) is 0 Å². The van der Waals surface area contributed by atoms with Gasteiger partial charge in [0.25, 0.3) is 11.8 Å². The molecule has 4 rings (SSSR count). The summed E-state index contributed by atoms with van der Waals surface area (Å²) < 4.78 is 0. The molecular weight excluding hydrogens is 406 g/mol. The maximum atomic E-state index is 12.6. The van der Waals surface area contributed by atoms with E-state index in [-0.39, 0.29) is 11.8 Å². The number of carbonyl (C=O) groups is 2. The molecule has 0 aliphatic carbocycles. The predicted molar refractivity (Wildman–Crippen MR) is 123 cm³/mol. The molecule has 3 aromatic rings. The van der Waals surface area contributed by atoms with Gasteiger partial charge in [-0.25, -0.2) is 0 Å². The zero-order valence-corrected chi connectivity index (χ0v) is 18.1. The van der Waals surface area contributed by atoms with Gasteiger partial charge in [0.1, 0.15) is 0 Å². The molecule has 0 unspecified atom stereocenters. The fraction of sp³-hybridized carbons (Fsp3) is 0.240. The predicted octanol–water partition coefficient (Wildman–Crippen LogP) is 4.54. The molecule has 1 fully saturated rings. The number of hydrogen-bond acceptors (Lipinski definition) is 4. The molecule has 5 nitrogen and oxygen atoms in total. The molecule has 1 N–H and O–H groups in total. The lowest BCUT2D eigenvalue weighted by atomic mass is 10.1. The van der Waals surface area contributed by atoms with Crippen molar-refractivity contribution in [2.24, 2.45) is 0 Å². The van der Waals surface area contributed by atoms with Crippen molar-refractivity contribution in [1.82, 2.24) is 15.2 Å². The van der Waals surface area contributed by atoms with E-state index < -0.39 is 0 Å². The molecule has 1 aliphatic rings. The number of hydrogen-bond donors (Lipinski definition) is 1. The minimum Gasteiger partial charge on any atom is -0.348 e. The number of amides is 2. The van der Waals surface area contributed by atoms with Gasteiger partial charge >= 0.3 is 0 Å². The van der Waals surface area contributed by atoms with Crippen LogP contribution in [0.3, 0.4) is 0 Å². The van der Waals surface area contributed by atoms with Crippen molar-refractivity contribution in [2.45, 2.75) is 30.0 Å². The Balaban J connectivity index is 1.30. The highest BCUT2D eigenvalue weighted by molar-refractivity contribution is 7.98. The SMILES string of the molecule is O=C(NCc1cccc(C(=O)N2CCCC2)c1)c1ccc(SCc2cccnc2)cc1. The summed E-state index contributed by atoms with van der Waals surface area (Å²) in [5.41, 5.74) is 3.39. The standard InChI is InChI=1S/C25H25N3O2S/c29-24(21-8-10-23(11-9-21)31-18-20-6-4-12-26-16-20)27-17-19-5-3-7-22(15-19)25(30)28-13-1-2-14-28/h3-12,15-16H,1-2,13-14,17-18H2,(H,27,29). The first-order valence-corrected chi connectivity index (χ1v) is 11.5. The summed E-state index contributed by atoms with van der Waals surface area (Å²) in [6.45, 7) is 2.05. The molecule has 6 heteroatoms. The second-order valence-corrected chi connectivity index (χ2v) is 8.61. The zero-order valence-electron chi connectivity index (χ0n) is 17.3. The van der Waals surface area contributed by atoms with Gasteiger partial charge in [0.15, 0.2) is 0 Å². The number of rotatable bonds is 7. The third kappa shape index (κ3) is 5.73. The number of nitrogens with zero attached hydrogens (tertiary/aromatic N) is 2. The van der Waals surface area contributed by atoms with Crippen LogP contribution >= 0.6 is 11.8 Å². The Bertz CT molecular complexity index is 1030. The number of aromatic nitrogens is 1. The summed E-state index contributed by atoms with van der Waals surface area (Å²) in [5, 5.41) is 2.95. The quantitative estimate of drug-likeness (QED) is 0.558. The molecule has 2 amide bonds. The average Bonchev–Trinajstić information content (AvgIpc) is 3.37. The van der Waals surface area contributed by atoms with Crippen molar-refractivity contribution < 1.29 is 9.59 Å². The minimum absolute atomic E-state index is 0.0741. The van der Waals surface area contributed by atoms with Crippen LogP contribution < -0.4 is 5.32 Å². The molecule has 0 bridgehead atoms. The third-order valence-electron chi connectivity index (χ3n) is 5.27. The van der Waals surface area contributed by atoms with E-state index in [0.717, 1.165) is 42.1 Å². The number of benzene rings is 2. The zero-order chi connectivity index (χ0) is 21.5. The highest BCUT2D eigenvalue weighted by Crippen LogP contribution is 2.22. The van der Waals surface area contributed by atoms with Crippen LogP contribution in [0.5, 0.6) is 0 Å². The smallest absolute Gasteiger partial charge is 0.253 e. The Kier molecular flexibility index (Phi) is 6.99. The van der Waals surface area contributed by atoms with E-state index >= 15 is 0 Å². The molecule has 1 aliphatic heterocycles. The molecule has 0 atom stereocenters. The Labute approximate surface area is 186 Å². The molecule has 2 heterocycles. The average molecular weight is 432 g/mol. The van der Waals surface area contributed by atoms with Crippen LogP contribution in [0, 0.1) is 0 Å². The van der Waals surface area contributed by atoms with Gasteiger partial charge in [0.05, 0.1) is 0 Å². The monoisotopic (exact) mass is 431 g/mol. The molecular formula is C25H25N3O2S. The second kappa shape index (κ2) is 10.3. The van der Waals surface area contributed by atoms with Crippen molar-refractivity contribution in [3.63, 3.8) is 0 Å². The van der Waals surface area contributed by atoms with Crippen LogP contribution in [-0.4, -0.2) is 34.8 Å². The fourth-order valence-corrected chi connectivity index (χ4v) is 4.39. The number of likely N-dealkylation sites (tertiary alicyclic amines) is 1. The highest BCUT2D eigenvalue weighted by Gasteiger charge is 2.19. The molecule has 158 valence electrons. The Morgan fingerprint density at radius 2 is 1.71 bits per heavy atom. The summed E-state index contributed by atoms with van der Waals surface area (Å²) in [4.78, 5) is 32.2. The van der Waals surface area contributed by atoms with Crippen molar-refractivity contribution in [3.05, 3.63) is 95.3 Å². The third-order valence-corrected chi connectivity index (χ3v) is 6.35.